The number of halogens is 1. The van der Waals surface area contributed by atoms with E-state index in [2.05, 4.69) is 26.0 Å². The van der Waals surface area contributed by atoms with Gasteiger partial charge in [0.15, 0.2) is 11.5 Å². The van der Waals surface area contributed by atoms with Gasteiger partial charge >= 0.3 is 0 Å². The third kappa shape index (κ3) is 3.35. The molecule has 3 aromatic rings. The molecule has 138 valence electrons. The van der Waals surface area contributed by atoms with Gasteiger partial charge in [-0.2, -0.15) is 9.78 Å². The molecule has 0 saturated carbocycles. The molecule has 27 heavy (non-hydrogen) atoms. The first-order valence-corrected chi connectivity index (χ1v) is 9.52. The molecule has 0 bridgehead atoms. The molecule has 0 amide bonds. The van der Waals surface area contributed by atoms with Gasteiger partial charge in [-0.25, -0.2) is 4.98 Å². The maximum Gasteiger partial charge on any atom is 0.282 e. The minimum atomic E-state index is -0.181. The highest BCUT2D eigenvalue weighted by atomic mass is 79.9. The molecule has 1 aliphatic heterocycles. The first-order valence-electron chi connectivity index (χ1n) is 8.72. The lowest BCUT2D eigenvalue weighted by molar-refractivity contribution is 0.174. The van der Waals surface area contributed by atoms with Crippen molar-refractivity contribution in [1.29, 1.82) is 0 Å². The van der Waals surface area contributed by atoms with E-state index in [1.165, 1.54) is 4.68 Å². The Kier molecular flexibility index (Phi) is 4.70. The summed E-state index contributed by atoms with van der Waals surface area (Å²) in [4.78, 5) is 17.7. The SMILES string of the molecule is CCCc1nc2ccc(Br)cc2c(=O)n1N=Cc1cc2c(cc1C)OCO2. The zero-order chi connectivity index (χ0) is 19.0. The molecule has 6 nitrogen and oxygen atoms in total. The highest BCUT2D eigenvalue weighted by Crippen LogP contribution is 2.34. The molecule has 1 aliphatic rings. The van der Waals surface area contributed by atoms with Crippen molar-refractivity contribution in [2.75, 3.05) is 6.79 Å². The van der Waals surface area contributed by atoms with Crippen LogP contribution in [0.2, 0.25) is 0 Å². The quantitative estimate of drug-likeness (QED) is 0.589. The zero-order valence-electron chi connectivity index (χ0n) is 15.0. The molecule has 0 N–H and O–H groups in total. The van der Waals surface area contributed by atoms with E-state index < -0.39 is 0 Å². The number of rotatable bonds is 4. The van der Waals surface area contributed by atoms with Gasteiger partial charge in [0, 0.05) is 16.5 Å². The first-order chi connectivity index (χ1) is 13.1. The summed E-state index contributed by atoms with van der Waals surface area (Å²) in [7, 11) is 0. The smallest absolute Gasteiger partial charge is 0.282 e. The Labute approximate surface area is 164 Å². The molecule has 0 aliphatic carbocycles. The number of benzene rings is 2. The minimum Gasteiger partial charge on any atom is -0.454 e. The van der Waals surface area contributed by atoms with E-state index in [9.17, 15) is 4.79 Å². The van der Waals surface area contributed by atoms with Crippen molar-refractivity contribution >= 4 is 33.0 Å². The van der Waals surface area contributed by atoms with Crippen LogP contribution in [0.25, 0.3) is 10.9 Å². The topological polar surface area (TPSA) is 65.7 Å². The van der Waals surface area contributed by atoms with Crippen LogP contribution in [0.3, 0.4) is 0 Å². The molecule has 4 rings (SSSR count). The van der Waals surface area contributed by atoms with Gasteiger partial charge in [-0.05, 0) is 49.2 Å². The Bertz CT molecular complexity index is 1120. The maximum absolute atomic E-state index is 13.0. The number of aryl methyl sites for hydroxylation is 2. The second-order valence-electron chi connectivity index (χ2n) is 6.36. The van der Waals surface area contributed by atoms with Crippen LogP contribution in [0.15, 0.2) is 44.7 Å². The molecule has 2 heterocycles. The Morgan fingerprint density at radius 2 is 2.04 bits per heavy atom. The lowest BCUT2D eigenvalue weighted by Crippen LogP contribution is -2.22. The van der Waals surface area contributed by atoms with E-state index in [0.717, 1.165) is 27.8 Å². The molecule has 2 aromatic carbocycles. The van der Waals surface area contributed by atoms with Crippen molar-refractivity contribution < 1.29 is 9.47 Å². The summed E-state index contributed by atoms with van der Waals surface area (Å²) in [5.41, 5.74) is 2.35. The van der Waals surface area contributed by atoms with E-state index in [1.54, 1.807) is 12.3 Å². The number of ether oxygens (including phenoxy) is 2. The molecule has 7 heteroatoms. The van der Waals surface area contributed by atoms with E-state index in [-0.39, 0.29) is 12.4 Å². The molecule has 0 saturated heterocycles. The van der Waals surface area contributed by atoms with Crippen molar-refractivity contribution in [3.63, 3.8) is 0 Å². The molecule has 0 atom stereocenters. The summed E-state index contributed by atoms with van der Waals surface area (Å²) in [5, 5.41) is 5.00. The Morgan fingerprint density at radius 3 is 2.81 bits per heavy atom. The predicted octanol–water partition coefficient (Wildman–Crippen LogP) is 4.03. The summed E-state index contributed by atoms with van der Waals surface area (Å²) in [5.74, 6) is 2.06. The zero-order valence-corrected chi connectivity index (χ0v) is 16.6. The van der Waals surface area contributed by atoms with E-state index in [1.807, 2.05) is 38.1 Å². The lowest BCUT2D eigenvalue weighted by atomic mass is 10.1. The average Bonchev–Trinajstić information content (AvgIpc) is 3.09. The fraction of sp³-hybridized carbons (Fsp3) is 0.250. The highest BCUT2D eigenvalue weighted by molar-refractivity contribution is 9.10. The van der Waals surface area contributed by atoms with Crippen LogP contribution in [-0.2, 0) is 6.42 Å². The third-order valence-electron chi connectivity index (χ3n) is 4.42. The largest absolute Gasteiger partial charge is 0.454 e. The molecular formula is C20H18BrN3O3. The third-order valence-corrected chi connectivity index (χ3v) is 4.92. The predicted molar refractivity (Wildman–Crippen MR) is 108 cm³/mol. The minimum absolute atomic E-state index is 0.181. The molecule has 0 unspecified atom stereocenters. The highest BCUT2D eigenvalue weighted by Gasteiger charge is 2.15. The van der Waals surface area contributed by atoms with Gasteiger partial charge in [0.2, 0.25) is 6.79 Å². The summed E-state index contributed by atoms with van der Waals surface area (Å²) < 4.78 is 13.0. The van der Waals surface area contributed by atoms with Crippen LogP contribution >= 0.6 is 15.9 Å². The lowest BCUT2D eigenvalue weighted by Gasteiger charge is -2.09. The van der Waals surface area contributed by atoms with E-state index >= 15 is 0 Å². The second kappa shape index (κ2) is 7.15. The fourth-order valence-electron chi connectivity index (χ4n) is 3.02. The number of hydrogen-bond donors (Lipinski definition) is 0. The van der Waals surface area contributed by atoms with Gasteiger partial charge in [0.25, 0.3) is 5.56 Å². The average molecular weight is 428 g/mol. The van der Waals surface area contributed by atoms with Crippen LogP contribution in [0.5, 0.6) is 11.5 Å². The Balaban J connectivity index is 1.83. The van der Waals surface area contributed by atoms with Crippen LogP contribution in [-0.4, -0.2) is 22.7 Å². The van der Waals surface area contributed by atoms with Crippen LogP contribution in [0.4, 0.5) is 0 Å². The summed E-state index contributed by atoms with van der Waals surface area (Å²) in [6.07, 6.45) is 3.20. The van der Waals surface area contributed by atoms with Crippen molar-refractivity contribution in [3.8, 4) is 11.5 Å². The van der Waals surface area contributed by atoms with Crippen molar-refractivity contribution in [3.05, 3.63) is 62.1 Å². The van der Waals surface area contributed by atoms with Gasteiger partial charge in [0.05, 0.1) is 17.1 Å². The number of nitrogens with zero attached hydrogens (tertiary/aromatic N) is 3. The first kappa shape index (κ1) is 17.7. The van der Waals surface area contributed by atoms with Crippen molar-refractivity contribution in [1.82, 2.24) is 9.66 Å². The summed E-state index contributed by atoms with van der Waals surface area (Å²) in [6.45, 7) is 4.24. The molecular weight excluding hydrogens is 410 g/mol. The van der Waals surface area contributed by atoms with Gasteiger partial charge in [-0.3, -0.25) is 4.79 Å². The van der Waals surface area contributed by atoms with Crippen LogP contribution < -0.4 is 15.0 Å². The monoisotopic (exact) mass is 427 g/mol. The Hall–Kier alpha value is -2.67. The molecule has 0 fully saturated rings. The fourth-order valence-corrected chi connectivity index (χ4v) is 3.38. The molecule has 0 radical (unpaired) electrons. The second-order valence-corrected chi connectivity index (χ2v) is 7.28. The van der Waals surface area contributed by atoms with Gasteiger partial charge in [0.1, 0.15) is 5.82 Å². The normalized spacial score (nSPS) is 13.0. The van der Waals surface area contributed by atoms with Crippen LogP contribution in [0.1, 0.15) is 30.3 Å². The molecule has 1 aromatic heterocycles. The van der Waals surface area contributed by atoms with Crippen molar-refractivity contribution in [2.24, 2.45) is 5.10 Å². The van der Waals surface area contributed by atoms with Crippen molar-refractivity contribution in [2.45, 2.75) is 26.7 Å². The van der Waals surface area contributed by atoms with Gasteiger partial charge < -0.3 is 9.47 Å². The maximum atomic E-state index is 13.0. The summed E-state index contributed by atoms with van der Waals surface area (Å²) >= 11 is 3.41. The molecule has 0 spiro atoms. The standard InChI is InChI=1S/C20H18BrN3O3/c1-3-4-19-23-16-6-5-14(21)9-15(16)20(25)24(19)22-10-13-8-18-17(7-12(13)2)26-11-27-18/h5-10H,3-4,11H2,1-2H3. The van der Waals surface area contributed by atoms with E-state index in [0.29, 0.717) is 28.9 Å². The summed E-state index contributed by atoms with van der Waals surface area (Å²) in [6, 6.07) is 9.29. The van der Waals surface area contributed by atoms with Gasteiger partial charge in [-0.1, -0.05) is 22.9 Å². The number of fused-ring (bicyclic) bond motifs is 2. The Morgan fingerprint density at radius 1 is 1.26 bits per heavy atom. The number of hydrogen-bond acceptors (Lipinski definition) is 5. The van der Waals surface area contributed by atoms with Crippen LogP contribution in [0, 0.1) is 6.92 Å². The number of aromatic nitrogens is 2. The van der Waals surface area contributed by atoms with E-state index in [4.69, 9.17) is 9.47 Å². The van der Waals surface area contributed by atoms with Gasteiger partial charge in [-0.15, -0.1) is 0 Å².